The van der Waals surface area contributed by atoms with Gasteiger partial charge in [0.2, 0.25) is 5.91 Å². The van der Waals surface area contributed by atoms with E-state index in [0.717, 1.165) is 29.2 Å². The summed E-state index contributed by atoms with van der Waals surface area (Å²) in [5, 5.41) is 13.1. The van der Waals surface area contributed by atoms with Gasteiger partial charge in [-0.2, -0.15) is 0 Å². The number of hydrogen-bond donors (Lipinski definition) is 1. The molecule has 0 aliphatic carbocycles. The lowest BCUT2D eigenvalue weighted by Crippen LogP contribution is -2.34. The van der Waals surface area contributed by atoms with E-state index in [1.54, 1.807) is 11.3 Å². The number of aromatic nitrogens is 3. The molecule has 3 rings (SSSR count). The van der Waals surface area contributed by atoms with E-state index in [-0.39, 0.29) is 11.8 Å². The topological polar surface area (TPSA) is 80.1 Å². The van der Waals surface area contributed by atoms with Crippen molar-refractivity contribution in [3.63, 3.8) is 0 Å². The van der Waals surface area contributed by atoms with Crippen LogP contribution in [0.1, 0.15) is 46.3 Å². The maximum atomic E-state index is 12.9. The second-order valence-corrected chi connectivity index (χ2v) is 7.26. The Hall–Kier alpha value is -2.22. The van der Waals surface area contributed by atoms with Gasteiger partial charge in [0.25, 0.3) is 5.91 Å². The maximum Gasteiger partial charge on any atom is 0.255 e. The Morgan fingerprint density at radius 1 is 1.28 bits per heavy atom. The molecule has 1 aliphatic heterocycles. The molecule has 0 unspecified atom stereocenters. The highest BCUT2D eigenvalue weighted by atomic mass is 32.1. The van der Waals surface area contributed by atoms with Crippen molar-refractivity contribution in [1.82, 2.24) is 25.0 Å². The normalized spacial score (nSPS) is 14.1. The number of thiophene rings is 1. The molecule has 7 nitrogen and oxygen atoms in total. The second kappa shape index (κ2) is 7.35. The highest BCUT2D eigenvalue weighted by Gasteiger charge is 2.24. The molecular weight excluding hydrogens is 338 g/mol. The number of carbonyl (C=O) groups excluding carboxylic acids is 2. The fraction of sp³-hybridized carbons (Fsp3) is 0.529. The number of fused-ring (bicyclic) bond motifs is 1. The zero-order valence-electron chi connectivity index (χ0n) is 14.8. The van der Waals surface area contributed by atoms with Crippen LogP contribution < -0.4 is 5.32 Å². The maximum absolute atomic E-state index is 12.9. The third-order valence-electron chi connectivity index (χ3n) is 4.57. The number of nitrogens with zero attached hydrogens (tertiary/aromatic N) is 4. The zero-order chi connectivity index (χ0) is 18.0. The minimum absolute atomic E-state index is 0.0947. The van der Waals surface area contributed by atoms with Crippen LogP contribution in [0.5, 0.6) is 0 Å². The van der Waals surface area contributed by atoms with Crippen molar-refractivity contribution in [2.75, 3.05) is 13.1 Å². The molecule has 2 aromatic heterocycles. The van der Waals surface area contributed by atoms with Crippen LogP contribution in [-0.4, -0.2) is 44.6 Å². The molecule has 1 N–H and O–H groups in total. The minimum Gasteiger partial charge on any atom is -0.349 e. The molecule has 0 saturated carbocycles. The van der Waals surface area contributed by atoms with Gasteiger partial charge in [0, 0.05) is 43.2 Å². The Balaban J connectivity index is 1.73. The fourth-order valence-electron chi connectivity index (χ4n) is 3.19. The quantitative estimate of drug-likeness (QED) is 0.896. The molecule has 8 heteroatoms. The predicted octanol–water partition coefficient (Wildman–Crippen LogP) is 1.55. The van der Waals surface area contributed by atoms with Gasteiger partial charge in [-0.15, -0.1) is 21.5 Å². The zero-order valence-corrected chi connectivity index (χ0v) is 15.7. The van der Waals surface area contributed by atoms with Gasteiger partial charge in [0.1, 0.15) is 5.82 Å². The van der Waals surface area contributed by atoms with E-state index < -0.39 is 0 Å². The minimum atomic E-state index is -0.0947. The highest BCUT2D eigenvalue weighted by molar-refractivity contribution is 7.10. The molecular formula is C17H23N5O2S. The van der Waals surface area contributed by atoms with Gasteiger partial charge in [0.15, 0.2) is 5.82 Å². The molecule has 25 heavy (non-hydrogen) atoms. The molecule has 0 aromatic carbocycles. The van der Waals surface area contributed by atoms with E-state index in [1.165, 1.54) is 11.8 Å². The largest absolute Gasteiger partial charge is 0.349 e. The Kier molecular flexibility index (Phi) is 5.17. The summed E-state index contributed by atoms with van der Waals surface area (Å²) in [6.07, 6.45) is 1.54. The Morgan fingerprint density at radius 2 is 2.08 bits per heavy atom. The predicted molar refractivity (Wildman–Crippen MR) is 95.6 cm³/mol. The molecule has 1 aliphatic rings. The van der Waals surface area contributed by atoms with Crippen molar-refractivity contribution in [3.8, 4) is 0 Å². The van der Waals surface area contributed by atoms with Crippen molar-refractivity contribution in [2.24, 2.45) is 0 Å². The molecule has 134 valence electrons. The lowest BCUT2D eigenvalue weighted by molar-refractivity contribution is -0.119. The van der Waals surface area contributed by atoms with E-state index in [0.29, 0.717) is 32.6 Å². The number of hydrogen-bond acceptors (Lipinski definition) is 5. The number of amides is 2. The van der Waals surface area contributed by atoms with Gasteiger partial charge < -0.3 is 14.8 Å². The number of rotatable bonds is 4. The molecule has 0 bridgehead atoms. The SMILES string of the molecule is CCc1c(C(=O)N2CCc3nnc(CNC(C)=O)n3CC2)csc1C. The number of aryl methyl sites for hydroxylation is 1. The summed E-state index contributed by atoms with van der Waals surface area (Å²) < 4.78 is 2.02. The molecule has 0 saturated heterocycles. The lowest BCUT2D eigenvalue weighted by Gasteiger charge is -2.20. The van der Waals surface area contributed by atoms with Crippen LogP contribution in [0.4, 0.5) is 0 Å². The van der Waals surface area contributed by atoms with Gasteiger partial charge in [-0.3, -0.25) is 9.59 Å². The van der Waals surface area contributed by atoms with Crippen molar-refractivity contribution < 1.29 is 9.59 Å². The summed E-state index contributed by atoms with van der Waals surface area (Å²) in [4.78, 5) is 27.2. The van der Waals surface area contributed by atoms with Gasteiger partial charge in [-0.05, 0) is 18.9 Å². The Morgan fingerprint density at radius 3 is 2.80 bits per heavy atom. The summed E-state index contributed by atoms with van der Waals surface area (Å²) in [6.45, 7) is 7.90. The molecule has 0 spiro atoms. The lowest BCUT2D eigenvalue weighted by atomic mass is 10.1. The number of carbonyl (C=O) groups is 2. The van der Waals surface area contributed by atoms with Crippen LogP contribution in [0, 0.1) is 6.92 Å². The summed E-state index contributed by atoms with van der Waals surface area (Å²) in [7, 11) is 0. The molecule has 0 radical (unpaired) electrons. The second-order valence-electron chi connectivity index (χ2n) is 6.17. The molecule has 0 fully saturated rings. The average Bonchev–Trinajstić information content (AvgIpc) is 3.08. The van der Waals surface area contributed by atoms with Crippen molar-refractivity contribution in [3.05, 3.63) is 33.0 Å². The first kappa shape index (κ1) is 17.6. The molecule has 3 heterocycles. The highest BCUT2D eigenvalue weighted by Crippen LogP contribution is 2.24. The summed E-state index contributed by atoms with van der Waals surface area (Å²) in [5.74, 6) is 1.61. The molecule has 2 amide bonds. The third-order valence-corrected chi connectivity index (χ3v) is 5.53. The van der Waals surface area contributed by atoms with E-state index >= 15 is 0 Å². The van der Waals surface area contributed by atoms with Crippen LogP contribution in [0.15, 0.2) is 5.38 Å². The van der Waals surface area contributed by atoms with E-state index in [4.69, 9.17) is 0 Å². The van der Waals surface area contributed by atoms with Gasteiger partial charge in [0.05, 0.1) is 12.1 Å². The van der Waals surface area contributed by atoms with Gasteiger partial charge in [-0.25, -0.2) is 0 Å². The smallest absolute Gasteiger partial charge is 0.255 e. The third kappa shape index (κ3) is 3.58. The van der Waals surface area contributed by atoms with Crippen LogP contribution >= 0.6 is 11.3 Å². The Bertz CT molecular complexity index is 795. The molecule has 2 aromatic rings. The first-order valence-electron chi connectivity index (χ1n) is 8.52. The van der Waals surface area contributed by atoms with Gasteiger partial charge in [-0.1, -0.05) is 6.92 Å². The Labute approximate surface area is 151 Å². The fourth-order valence-corrected chi connectivity index (χ4v) is 4.12. The van der Waals surface area contributed by atoms with Crippen LogP contribution in [0.3, 0.4) is 0 Å². The molecule has 0 atom stereocenters. The van der Waals surface area contributed by atoms with Crippen LogP contribution in [0.2, 0.25) is 0 Å². The van der Waals surface area contributed by atoms with E-state index in [1.807, 2.05) is 14.8 Å². The monoisotopic (exact) mass is 361 g/mol. The van der Waals surface area contributed by atoms with Crippen molar-refractivity contribution >= 4 is 23.2 Å². The average molecular weight is 361 g/mol. The van der Waals surface area contributed by atoms with Gasteiger partial charge >= 0.3 is 0 Å². The summed E-state index contributed by atoms with van der Waals surface area (Å²) >= 11 is 1.64. The van der Waals surface area contributed by atoms with E-state index in [2.05, 4.69) is 29.4 Å². The van der Waals surface area contributed by atoms with E-state index in [9.17, 15) is 9.59 Å². The first-order chi connectivity index (χ1) is 12.0. The summed E-state index contributed by atoms with van der Waals surface area (Å²) in [6, 6.07) is 0. The van der Waals surface area contributed by atoms with Crippen LogP contribution in [-0.2, 0) is 30.7 Å². The first-order valence-corrected chi connectivity index (χ1v) is 9.40. The van der Waals surface area contributed by atoms with Crippen molar-refractivity contribution in [1.29, 1.82) is 0 Å². The van der Waals surface area contributed by atoms with Crippen molar-refractivity contribution in [2.45, 2.75) is 46.7 Å². The summed E-state index contributed by atoms with van der Waals surface area (Å²) in [5.41, 5.74) is 1.99. The number of nitrogens with one attached hydrogen (secondary N) is 1. The van der Waals surface area contributed by atoms with Crippen LogP contribution in [0.25, 0.3) is 0 Å². The standard InChI is InChI=1S/C17H23N5O2S/c1-4-13-11(2)25-10-14(13)17(24)21-6-5-15-19-20-16(9-18-12(3)23)22(15)8-7-21/h10H,4-9H2,1-3H3,(H,18,23).